The van der Waals surface area contributed by atoms with Crippen LogP contribution in [0.1, 0.15) is 16.1 Å². The van der Waals surface area contributed by atoms with Crippen molar-refractivity contribution in [3.05, 3.63) is 33.9 Å². The fraction of sp³-hybridized carbons (Fsp3) is 0.267. The van der Waals surface area contributed by atoms with Crippen molar-refractivity contribution in [2.45, 2.75) is 6.92 Å². The number of nitrogens with one attached hydrogen (secondary N) is 1. The molecule has 0 aliphatic heterocycles. The van der Waals surface area contributed by atoms with Crippen LogP contribution >= 0.6 is 15.9 Å². The molecular weight excluding hydrogens is 378 g/mol. The van der Waals surface area contributed by atoms with Gasteiger partial charge in [-0.1, -0.05) is 15.9 Å². The maximum atomic E-state index is 12.2. The number of carbonyl (C=O) groups is 1. The van der Waals surface area contributed by atoms with Crippen LogP contribution in [0.3, 0.4) is 0 Å². The van der Waals surface area contributed by atoms with E-state index in [0.717, 1.165) is 4.47 Å². The van der Waals surface area contributed by atoms with Crippen molar-refractivity contribution in [3.8, 4) is 17.0 Å². The van der Waals surface area contributed by atoms with Gasteiger partial charge >= 0.3 is 0 Å². The lowest BCUT2D eigenvalue weighted by atomic mass is 10.0. The van der Waals surface area contributed by atoms with Crippen LogP contribution in [0.2, 0.25) is 0 Å². The smallest absolute Gasteiger partial charge is 0.269 e. The maximum Gasteiger partial charge on any atom is 0.269 e. The van der Waals surface area contributed by atoms with E-state index in [1.165, 1.54) is 0 Å². The Balaban J connectivity index is 2.62. The normalized spacial score (nSPS) is 10.5. The first-order valence-corrected chi connectivity index (χ1v) is 7.84. The van der Waals surface area contributed by atoms with E-state index < -0.39 is 5.91 Å². The van der Waals surface area contributed by atoms with Gasteiger partial charge in [-0.2, -0.15) is 0 Å². The highest BCUT2D eigenvalue weighted by Crippen LogP contribution is 2.34. The van der Waals surface area contributed by atoms with Gasteiger partial charge in [0.25, 0.3) is 5.91 Å². The zero-order chi connectivity index (χ0) is 17.7. The average molecular weight is 396 g/mol. The first-order valence-electron chi connectivity index (χ1n) is 7.04. The number of carbonyl (C=O) groups excluding carboxylic acids is 1. The minimum Gasteiger partial charge on any atom is -0.490 e. The van der Waals surface area contributed by atoms with E-state index in [1.54, 1.807) is 26.2 Å². The number of ether oxygens (including phenoxy) is 2. The first kappa shape index (κ1) is 18.1. The molecule has 0 radical (unpaired) electrons. The number of aromatic nitrogens is 2. The number of nitrogen functional groups attached to an aromatic ring is 2. The molecule has 0 fully saturated rings. The van der Waals surface area contributed by atoms with Crippen molar-refractivity contribution in [2.75, 3.05) is 26.1 Å². The van der Waals surface area contributed by atoms with E-state index in [1.807, 2.05) is 6.07 Å². The van der Waals surface area contributed by atoms with Crippen LogP contribution in [0.4, 0.5) is 5.95 Å². The summed E-state index contributed by atoms with van der Waals surface area (Å²) >= 11 is 3.41. The molecule has 24 heavy (non-hydrogen) atoms. The third-order valence-corrected chi connectivity index (χ3v) is 3.70. The molecule has 8 nitrogen and oxygen atoms in total. The fourth-order valence-corrected chi connectivity index (χ4v) is 2.54. The summed E-state index contributed by atoms with van der Waals surface area (Å²) in [6.07, 6.45) is 0. The van der Waals surface area contributed by atoms with Crippen molar-refractivity contribution in [1.29, 1.82) is 0 Å². The third-order valence-electron chi connectivity index (χ3n) is 3.21. The molecule has 2 aromatic rings. The van der Waals surface area contributed by atoms with Crippen LogP contribution < -0.4 is 21.7 Å². The molecule has 0 atom stereocenters. The van der Waals surface area contributed by atoms with Crippen molar-refractivity contribution < 1.29 is 14.3 Å². The number of anilines is 1. The Morgan fingerprint density at radius 3 is 2.75 bits per heavy atom. The van der Waals surface area contributed by atoms with Crippen LogP contribution in [0, 0.1) is 6.92 Å². The molecule has 2 rings (SSSR count). The molecule has 128 valence electrons. The second kappa shape index (κ2) is 8.04. The number of nitrogens with two attached hydrogens (primary N) is 2. The topological polar surface area (TPSA) is 125 Å². The quantitative estimate of drug-likeness (QED) is 0.292. The van der Waals surface area contributed by atoms with Gasteiger partial charge in [-0.05, 0) is 25.1 Å². The molecule has 0 saturated heterocycles. The minimum absolute atomic E-state index is 0.0545. The van der Waals surface area contributed by atoms with Gasteiger partial charge in [-0.3, -0.25) is 10.2 Å². The summed E-state index contributed by atoms with van der Waals surface area (Å²) < 4.78 is 11.5. The van der Waals surface area contributed by atoms with E-state index in [4.69, 9.17) is 21.1 Å². The summed E-state index contributed by atoms with van der Waals surface area (Å²) in [6, 6.07) is 5.38. The molecule has 0 unspecified atom stereocenters. The molecule has 0 aliphatic carbocycles. The van der Waals surface area contributed by atoms with Gasteiger partial charge in [0.2, 0.25) is 5.95 Å². The molecule has 1 aromatic carbocycles. The predicted octanol–water partition coefficient (Wildman–Crippen LogP) is 1.43. The van der Waals surface area contributed by atoms with Crippen molar-refractivity contribution in [1.82, 2.24) is 15.4 Å². The number of benzene rings is 1. The van der Waals surface area contributed by atoms with E-state index in [2.05, 4.69) is 31.3 Å². The Kier molecular flexibility index (Phi) is 6.07. The SMILES string of the molecule is COCCOc1ccc(Br)cc1-c1nc(N)nc(C)c1C(=O)NN. The Labute approximate surface area is 147 Å². The molecule has 1 heterocycles. The average Bonchev–Trinajstić information content (AvgIpc) is 2.55. The van der Waals surface area contributed by atoms with Crippen LogP contribution in [-0.2, 0) is 4.74 Å². The van der Waals surface area contributed by atoms with E-state index >= 15 is 0 Å². The number of hydrogen-bond donors (Lipinski definition) is 3. The van der Waals surface area contributed by atoms with Gasteiger partial charge in [-0.25, -0.2) is 15.8 Å². The lowest BCUT2D eigenvalue weighted by molar-refractivity contribution is 0.0953. The summed E-state index contributed by atoms with van der Waals surface area (Å²) in [5.74, 6) is 5.37. The largest absolute Gasteiger partial charge is 0.490 e. The highest BCUT2D eigenvalue weighted by atomic mass is 79.9. The number of methoxy groups -OCH3 is 1. The molecule has 0 saturated carbocycles. The minimum atomic E-state index is -0.509. The Morgan fingerprint density at radius 1 is 1.33 bits per heavy atom. The Bertz CT molecular complexity index is 754. The number of nitrogens with zero attached hydrogens (tertiary/aromatic N) is 2. The lowest BCUT2D eigenvalue weighted by Gasteiger charge is -2.15. The zero-order valence-corrected chi connectivity index (χ0v) is 14.9. The van der Waals surface area contributed by atoms with Crippen molar-refractivity contribution >= 4 is 27.8 Å². The van der Waals surface area contributed by atoms with Gasteiger partial charge in [0.15, 0.2) is 0 Å². The summed E-state index contributed by atoms with van der Waals surface area (Å²) in [5.41, 5.74) is 9.46. The molecule has 0 bridgehead atoms. The van der Waals surface area contributed by atoms with Gasteiger partial charge in [0, 0.05) is 17.1 Å². The van der Waals surface area contributed by atoms with Gasteiger partial charge in [-0.15, -0.1) is 0 Å². The molecule has 0 aliphatic rings. The Hall–Kier alpha value is -2.23. The standard InChI is InChI=1S/C15H18BrN5O3/c1-8-12(14(22)21-18)13(20-15(17)19-8)10-7-9(16)3-4-11(10)24-6-5-23-2/h3-4,7H,5-6,18H2,1-2H3,(H,21,22)(H2,17,19,20). The number of rotatable bonds is 6. The van der Waals surface area contributed by atoms with E-state index in [9.17, 15) is 4.79 Å². The number of aryl methyl sites for hydroxylation is 1. The molecule has 5 N–H and O–H groups in total. The number of hydrazine groups is 1. The Morgan fingerprint density at radius 2 is 2.08 bits per heavy atom. The molecule has 9 heteroatoms. The van der Waals surface area contributed by atoms with Crippen LogP contribution in [0.15, 0.2) is 22.7 Å². The molecule has 1 amide bonds. The second-order valence-corrected chi connectivity index (χ2v) is 5.76. The molecule has 0 spiro atoms. The summed E-state index contributed by atoms with van der Waals surface area (Å²) in [5, 5.41) is 0. The first-order chi connectivity index (χ1) is 11.5. The van der Waals surface area contributed by atoms with Crippen LogP contribution in [0.25, 0.3) is 11.3 Å². The lowest BCUT2D eigenvalue weighted by Crippen LogP contribution is -2.31. The zero-order valence-electron chi connectivity index (χ0n) is 13.3. The maximum absolute atomic E-state index is 12.2. The summed E-state index contributed by atoms with van der Waals surface area (Å²) in [6.45, 7) is 2.44. The number of halogens is 1. The summed E-state index contributed by atoms with van der Waals surface area (Å²) in [7, 11) is 1.59. The van der Waals surface area contributed by atoms with Gasteiger partial charge < -0.3 is 15.2 Å². The van der Waals surface area contributed by atoms with Crippen LogP contribution in [-0.4, -0.2) is 36.2 Å². The summed E-state index contributed by atoms with van der Waals surface area (Å²) in [4.78, 5) is 20.4. The van der Waals surface area contributed by atoms with Crippen molar-refractivity contribution in [3.63, 3.8) is 0 Å². The number of amides is 1. The monoisotopic (exact) mass is 395 g/mol. The highest BCUT2D eigenvalue weighted by molar-refractivity contribution is 9.10. The number of hydrogen-bond acceptors (Lipinski definition) is 7. The van der Waals surface area contributed by atoms with E-state index in [0.29, 0.717) is 35.9 Å². The predicted molar refractivity (Wildman–Crippen MR) is 93.3 cm³/mol. The molecular formula is C15H18BrN5O3. The molecule has 1 aromatic heterocycles. The fourth-order valence-electron chi connectivity index (χ4n) is 2.18. The second-order valence-electron chi connectivity index (χ2n) is 4.85. The third kappa shape index (κ3) is 3.99. The van der Waals surface area contributed by atoms with E-state index in [-0.39, 0.29) is 11.5 Å². The highest BCUT2D eigenvalue weighted by Gasteiger charge is 2.21. The van der Waals surface area contributed by atoms with Gasteiger partial charge in [0.1, 0.15) is 12.4 Å². The van der Waals surface area contributed by atoms with Crippen LogP contribution in [0.5, 0.6) is 5.75 Å². The van der Waals surface area contributed by atoms with Gasteiger partial charge in [0.05, 0.1) is 23.6 Å². The van der Waals surface area contributed by atoms with Crippen molar-refractivity contribution in [2.24, 2.45) is 5.84 Å².